The minimum Gasteiger partial charge on any atom is -0.421 e. The minimum absolute atomic E-state index is 0.0513. The van der Waals surface area contributed by atoms with Crippen molar-refractivity contribution < 1.29 is 9.13 Å². The number of halogens is 2. The van der Waals surface area contributed by atoms with Crippen molar-refractivity contribution in [2.45, 2.75) is 0 Å². The fourth-order valence-electron chi connectivity index (χ4n) is 1.04. The first kappa shape index (κ1) is 10.8. The van der Waals surface area contributed by atoms with Crippen molar-refractivity contribution in [2.24, 2.45) is 0 Å². The van der Waals surface area contributed by atoms with Gasteiger partial charge in [0.05, 0.1) is 18.1 Å². The maximum atomic E-state index is 13.4. The third-order valence-corrected chi connectivity index (χ3v) is 2.24. The smallest absolute Gasteiger partial charge is 0.322 e. The fourth-order valence-corrected chi connectivity index (χ4v) is 1.37. The van der Waals surface area contributed by atoms with Gasteiger partial charge in [0.25, 0.3) is 0 Å². The van der Waals surface area contributed by atoms with Gasteiger partial charge in [-0.3, -0.25) is 0 Å². The Bertz CT molecular complexity index is 504. The first-order valence-electron chi connectivity index (χ1n) is 4.35. The highest BCUT2D eigenvalue weighted by Crippen LogP contribution is 2.24. The van der Waals surface area contributed by atoms with Crippen LogP contribution in [0.1, 0.15) is 0 Å². The summed E-state index contributed by atoms with van der Waals surface area (Å²) in [5.41, 5.74) is 5.83. The summed E-state index contributed by atoms with van der Waals surface area (Å²) in [5.74, 6) is -0.428. The third-order valence-electron chi connectivity index (χ3n) is 1.74. The molecule has 1 heterocycles. The van der Waals surface area contributed by atoms with Gasteiger partial charge in [0.1, 0.15) is 0 Å². The lowest BCUT2D eigenvalue weighted by Crippen LogP contribution is -1.95. The van der Waals surface area contributed by atoms with Crippen LogP contribution < -0.4 is 10.5 Å². The van der Waals surface area contributed by atoms with Crippen molar-refractivity contribution in [1.29, 1.82) is 0 Å². The lowest BCUT2D eigenvalue weighted by atomic mass is 10.3. The van der Waals surface area contributed by atoms with Crippen molar-refractivity contribution in [2.75, 3.05) is 5.73 Å². The second-order valence-electron chi connectivity index (χ2n) is 2.98. The topological polar surface area (TPSA) is 61.0 Å². The van der Waals surface area contributed by atoms with Gasteiger partial charge < -0.3 is 10.5 Å². The normalized spacial score (nSPS) is 10.1. The van der Waals surface area contributed by atoms with Crippen LogP contribution in [0.4, 0.5) is 10.1 Å². The Balaban J connectivity index is 2.23. The molecular formula is C10H7BrFN3O. The maximum Gasteiger partial charge on any atom is 0.322 e. The molecule has 2 aromatic rings. The van der Waals surface area contributed by atoms with Crippen molar-refractivity contribution in [3.63, 3.8) is 0 Å². The van der Waals surface area contributed by atoms with Gasteiger partial charge in [-0.2, -0.15) is 0 Å². The maximum absolute atomic E-state index is 13.4. The summed E-state index contributed by atoms with van der Waals surface area (Å²) >= 11 is 3.15. The van der Waals surface area contributed by atoms with E-state index in [0.29, 0.717) is 10.2 Å². The number of nitrogens with zero attached hydrogens (tertiary/aromatic N) is 2. The van der Waals surface area contributed by atoms with Crippen molar-refractivity contribution in [3.05, 3.63) is 40.9 Å². The highest BCUT2D eigenvalue weighted by atomic mass is 79.9. The lowest BCUT2D eigenvalue weighted by Gasteiger charge is -2.04. The number of hydrogen-bond donors (Lipinski definition) is 1. The van der Waals surface area contributed by atoms with Gasteiger partial charge in [0.15, 0.2) is 11.6 Å². The van der Waals surface area contributed by atoms with Crippen LogP contribution in [0.15, 0.2) is 35.1 Å². The molecule has 0 bridgehead atoms. The van der Waals surface area contributed by atoms with Gasteiger partial charge >= 0.3 is 6.01 Å². The highest BCUT2D eigenvalue weighted by molar-refractivity contribution is 9.10. The molecule has 0 aliphatic rings. The Morgan fingerprint density at radius 3 is 2.56 bits per heavy atom. The van der Waals surface area contributed by atoms with E-state index in [2.05, 4.69) is 25.9 Å². The van der Waals surface area contributed by atoms with Gasteiger partial charge in [-0.05, 0) is 18.2 Å². The number of anilines is 1. The summed E-state index contributed by atoms with van der Waals surface area (Å²) in [6, 6.07) is 4.50. The number of hydrogen-bond acceptors (Lipinski definition) is 4. The SMILES string of the molecule is Nc1cnc(Oc2ccc(Br)cc2F)nc1. The van der Waals surface area contributed by atoms with E-state index in [0.717, 1.165) is 0 Å². The Kier molecular flexibility index (Phi) is 3.00. The van der Waals surface area contributed by atoms with Crippen LogP contribution in [0.3, 0.4) is 0 Å². The van der Waals surface area contributed by atoms with Gasteiger partial charge in [0.2, 0.25) is 0 Å². The summed E-state index contributed by atoms with van der Waals surface area (Å²) < 4.78 is 19.2. The van der Waals surface area contributed by atoms with Crippen molar-refractivity contribution >= 4 is 21.6 Å². The fraction of sp³-hybridized carbons (Fsp3) is 0. The average Bonchev–Trinajstić information content (AvgIpc) is 2.25. The summed E-state index contributed by atoms with van der Waals surface area (Å²) in [7, 11) is 0. The zero-order valence-corrected chi connectivity index (χ0v) is 9.61. The zero-order valence-electron chi connectivity index (χ0n) is 8.02. The van der Waals surface area contributed by atoms with Crippen LogP contribution in [0.25, 0.3) is 0 Å². The molecular weight excluding hydrogens is 277 g/mol. The third kappa shape index (κ3) is 2.46. The molecule has 6 heteroatoms. The molecule has 16 heavy (non-hydrogen) atoms. The second-order valence-corrected chi connectivity index (χ2v) is 3.89. The number of benzene rings is 1. The van der Waals surface area contributed by atoms with Crippen molar-refractivity contribution in [3.8, 4) is 11.8 Å². The van der Waals surface area contributed by atoms with E-state index < -0.39 is 5.82 Å². The van der Waals surface area contributed by atoms with Crippen LogP contribution in [0, 0.1) is 5.82 Å². The Morgan fingerprint density at radius 1 is 1.25 bits per heavy atom. The number of aromatic nitrogens is 2. The van der Waals surface area contributed by atoms with Crippen LogP contribution in [0.5, 0.6) is 11.8 Å². The monoisotopic (exact) mass is 283 g/mol. The summed E-state index contributed by atoms with van der Waals surface area (Å²) in [4.78, 5) is 7.60. The Labute approximate surface area is 99.4 Å². The molecule has 0 unspecified atom stereocenters. The molecule has 1 aromatic carbocycles. The van der Waals surface area contributed by atoms with Crippen LogP contribution >= 0.6 is 15.9 Å². The molecule has 0 atom stereocenters. The molecule has 0 radical (unpaired) electrons. The number of rotatable bonds is 2. The molecule has 0 aliphatic heterocycles. The van der Waals surface area contributed by atoms with Gasteiger partial charge in [0, 0.05) is 4.47 Å². The van der Waals surface area contributed by atoms with E-state index >= 15 is 0 Å². The lowest BCUT2D eigenvalue weighted by molar-refractivity contribution is 0.411. The predicted molar refractivity (Wildman–Crippen MR) is 60.6 cm³/mol. The quantitative estimate of drug-likeness (QED) is 0.921. The molecule has 0 saturated heterocycles. The minimum atomic E-state index is -0.491. The van der Waals surface area contributed by atoms with Crippen LogP contribution in [0.2, 0.25) is 0 Å². The standard InChI is InChI=1S/C10H7BrFN3O/c11-6-1-2-9(8(12)3-6)16-10-14-4-7(13)5-15-10/h1-5H,13H2. The van der Waals surface area contributed by atoms with Crippen molar-refractivity contribution in [1.82, 2.24) is 9.97 Å². The first-order valence-corrected chi connectivity index (χ1v) is 5.15. The van der Waals surface area contributed by atoms with Gasteiger partial charge in [-0.15, -0.1) is 0 Å². The predicted octanol–water partition coefficient (Wildman–Crippen LogP) is 2.75. The summed E-state index contributed by atoms with van der Waals surface area (Å²) in [6.07, 6.45) is 2.78. The average molecular weight is 284 g/mol. The molecule has 0 fully saturated rings. The second kappa shape index (κ2) is 4.44. The highest BCUT2D eigenvalue weighted by Gasteiger charge is 2.06. The first-order chi connectivity index (χ1) is 7.65. The molecule has 1 aromatic heterocycles. The van der Waals surface area contributed by atoms with Gasteiger partial charge in [-0.1, -0.05) is 15.9 Å². The Hall–Kier alpha value is -1.69. The van der Waals surface area contributed by atoms with E-state index in [1.54, 1.807) is 6.07 Å². The molecule has 0 aliphatic carbocycles. The van der Waals surface area contributed by atoms with Crippen LogP contribution in [-0.4, -0.2) is 9.97 Å². The zero-order chi connectivity index (χ0) is 11.5. The number of nitrogen functional groups attached to an aromatic ring is 1. The van der Waals surface area contributed by atoms with Crippen LogP contribution in [-0.2, 0) is 0 Å². The van der Waals surface area contributed by atoms with E-state index in [1.807, 2.05) is 0 Å². The van der Waals surface area contributed by atoms with E-state index in [9.17, 15) is 4.39 Å². The molecule has 4 nitrogen and oxygen atoms in total. The largest absolute Gasteiger partial charge is 0.421 e. The molecule has 82 valence electrons. The molecule has 2 N–H and O–H groups in total. The van der Waals surface area contributed by atoms with E-state index in [-0.39, 0.29) is 11.8 Å². The summed E-state index contributed by atoms with van der Waals surface area (Å²) in [6.45, 7) is 0. The van der Waals surface area contributed by atoms with E-state index in [1.165, 1.54) is 24.5 Å². The summed E-state index contributed by atoms with van der Waals surface area (Å²) in [5, 5.41) is 0. The molecule has 0 saturated carbocycles. The van der Waals surface area contributed by atoms with Gasteiger partial charge in [-0.25, -0.2) is 14.4 Å². The molecule has 0 spiro atoms. The Morgan fingerprint density at radius 2 is 1.94 bits per heavy atom. The molecule has 0 amide bonds. The van der Waals surface area contributed by atoms with E-state index in [4.69, 9.17) is 10.5 Å². The number of nitrogens with two attached hydrogens (primary N) is 1. The number of ether oxygens (including phenoxy) is 1. The molecule has 2 rings (SSSR count).